The van der Waals surface area contributed by atoms with Crippen LogP contribution in [0.15, 0.2) is 12.1 Å². The smallest absolute Gasteiger partial charge is 0.409 e. The number of aryl methyl sites for hydroxylation is 1. The van der Waals surface area contributed by atoms with Gasteiger partial charge >= 0.3 is 12.1 Å². The van der Waals surface area contributed by atoms with Crippen LogP contribution in [0, 0.1) is 5.92 Å². The van der Waals surface area contributed by atoms with E-state index in [0.29, 0.717) is 47.9 Å². The Balaban J connectivity index is 1.76. The fourth-order valence-corrected chi connectivity index (χ4v) is 4.09. The molecule has 2 heterocycles. The van der Waals surface area contributed by atoms with Gasteiger partial charge in [-0.3, -0.25) is 4.79 Å². The van der Waals surface area contributed by atoms with Crippen molar-refractivity contribution in [3.05, 3.63) is 23.5 Å². The summed E-state index contributed by atoms with van der Waals surface area (Å²) in [5.41, 5.74) is 2.25. The Kier molecular flexibility index (Phi) is 9.41. The number of rotatable bonds is 11. The molecule has 0 saturated heterocycles. The molecule has 11 heteroatoms. The number of methoxy groups -OCH3 is 1. The Morgan fingerprint density at radius 1 is 1.26 bits per heavy atom. The molecule has 1 N–H and O–H groups in total. The molecule has 11 nitrogen and oxygen atoms in total. The summed E-state index contributed by atoms with van der Waals surface area (Å²) < 4.78 is 18.5. The third kappa shape index (κ3) is 6.91. The average molecular weight is 490 g/mol. The first kappa shape index (κ1) is 26.4. The number of pyridine rings is 1. The Labute approximate surface area is 205 Å². The number of ether oxygens (including phenoxy) is 3. The second kappa shape index (κ2) is 12.5. The number of hydrogen-bond acceptors (Lipinski definition) is 8. The first-order valence-corrected chi connectivity index (χ1v) is 12.0. The summed E-state index contributed by atoms with van der Waals surface area (Å²) >= 11 is 0. The highest BCUT2D eigenvalue weighted by atomic mass is 16.6. The summed E-state index contributed by atoms with van der Waals surface area (Å²) in [4.78, 5) is 30.0. The summed E-state index contributed by atoms with van der Waals surface area (Å²) in [7, 11) is 5.01. The predicted molar refractivity (Wildman–Crippen MR) is 127 cm³/mol. The molecular weight excluding hydrogens is 454 g/mol. The molecule has 1 saturated carbocycles. The average Bonchev–Trinajstić information content (AvgIpc) is 3.22. The Morgan fingerprint density at radius 2 is 2.06 bits per heavy atom. The van der Waals surface area contributed by atoms with Crippen LogP contribution < -0.4 is 4.74 Å². The lowest BCUT2D eigenvalue weighted by atomic mass is 9.87. The van der Waals surface area contributed by atoms with Gasteiger partial charge < -0.3 is 24.2 Å². The zero-order valence-corrected chi connectivity index (χ0v) is 20.9. The van der Waals surface area contributed by atoms with Crippen LogP contribution in [0.3, 0.4) is 0 Å². The lowest BCUT2D eigenvalue weighted by Gasteiger charge is -2.28. The van der Waals surface area contributed by atoms with Crippen molar-refractivity contribution < 1.29 is 28.9 Å². The number of amides is 1. The summed E-state index contributed by atoms with van der Waals surface area (Å²) in [6, 6.07) is 3.57. The van der Waals surface area contributed by atoms with Crippen LogP contribution in [0.4, 0.5) is 4.79 Å². The molecular formula is C24H35N5O6. The molecule has 0 aromatic carbocycles. The van der Waals surface area contributed by atoms with Crippen molar-refractivity contribution in [3.8, 4) is 17.1 Å². The van der Waals surface area contributed by atoms with Crippen LogP contribution in [0.2, 0.25) is 0 Å². The molecule has 2 aromatic heterocycles. The molecule has 1 amide bonds. The molecule has 0 unspecified atom stereocenters. The number of nitrogens with zero attached hydrogens (tertiary/aromatic N) is 5. The number of unbranched alkanes of at least 4 members (excludes halogenated alkanes) is 1. The van der Waals surface area contributed by atoms with E-state index in [2.05, 4.69) is 17.2 Å². The van der Waals surface area contributed by atoms with Crippen molar-refractivity contribution in [2.24, 2.45) is 13.0 Å². The standard InChI is InChI=1S/C24H35N5O6/c1-5-6-12-28(2)24(32)34-15-20-22(26-27-29(20)3)18-10-11-21(19(25-18)14-33-4)35-17-9-7-8-16(13-17)23(30)31/h10-11,16-17H,5-9,12-15H2,1-4H3,(H,30,31)/t16-,17-/m0/s1. The molecule has 192 valence electrons. The maximum absolute atomic E-state index is 12.3. The van der Waals surface area contributed by atoms with Crippen LogP contribution in [0.5, 0.6) is 5.75 Å². The van der Waals surface area contributed by atoms with Crippen LogP contribution in [-0.4, -0.2) is 68.9 Å². The minimum Gasteiger partial charge on any atom is -0.488 e. The first-order chi connectivity index (χ1) is 16.8. The third-order valence-corrected chi connectivity index (χ3v) is 6.16. The van der Waals surface area contributed by atoms with E-state index < -0.39 is 18.0 Å². The highest BCUT2D eigenvalue weighted by Gasteiger charge is 2.29. The fraction of sp³-hybridized carbons (Fsp3) is 0.625. The van der Waals surface area contributed by atoms with E-state index in [1.54, 1.807) is 42.9 Å². The van der Waals surface area contributed by atoms with Crippen molar-refractivity contribution in [1.82, 2.24) is 24.9 Å². The van der Waals surface area contributed by atoms with Gasteiger partial charge in [-0.15, -0.1) is 5.10 Å². The van der Waals surface area contributed by atoms with E-state index in [0.717, 1.165) is 25.7 Å². The Bertz CT molecular complexity index is 1010. The Hall–Kier alpha value is -3.21. The van der Waals surface area contributed by atoms with Gasteiger partial charge in [-0.05, 0) is 44.2 Å². The molecule has 2 atom stereocenters. The van der Waals surface area contributed by atoms with Gasteiger partial charge in [0, 0.05) is 27.7 Å². The van der Waals surface area contributed by atoms with E-state index in [4.69, 9.17) is 19.2 Å². The monoisotopic (exact) mass is 489 g/mol. The van der Waals surface area contributed by atoms with Gasteiger partial charge in [-0.2, -0.15) is 0 Å². The second-order valence-corrected chi connectivity index (χ2v) is 8.85. The fourth-order valence-electron chi connectivity index (χ4n) is 4.09. The van der Waals surface area contributed by atoms with Crippen LogP contribution >= 0.6 is 0 Å². The first-order valence-electron chi connectivity index (χ1n) is 12.0. The molecule has 1 aliphatic carbocycles. The number of carbonyl (C=O) groups excluding carboxylic acids is 1. The molecule has 3 rings (SSSR count). The summed E-state index contributed by atoms with van der Waals surface area (Å²) in [6.45, 7) is 2.91. The second-order valence-electron chi connectivity index (χ2n) is 8.85. The van der Waals surface area contributed by atoms with E-state index in [1.165, 1.54) is 0 Å². The van der Waals surface area contributed by atoms with Gasteiger partial charge in [-0.1, -0.05) is 18.6 Å². The minimum absolute atomic E-state index is 0.00627. The summed E-state index contributed by atoms with van der Waals surface area (Å²) in [5, 5.41) is 17.7. The van der Waals surface area contributed by atoms with E-state index in [1.807, 2.05) is 0 Å². The minimum atomic E-state index is -0.781. The van der Waals surface area contributed by atoms with Gasteiger partial charge in [0.05, 0.1) is 24.3 Å². The van der Waals surface area contributed by atoms with Gasteiger partial charge in [0.2, 0.25) is 0 Å². The molecule has 0 aliphatic heterocycles. The quantitative estimate of drug-likeness (QED) is 0.505. The number of carboxylic acid groups (broad SMARTS) is 1. The highest BCUT2D eigenvalue weighted by molar-refractivity contribution is 5.70. The molecule has 1 fully saturated rings. The van der Waals surface area contributed by atoms with Gasteiger partial charge in [0.15, 0.2) is 0 Å². The molecule has 0 spiro atoms. The van der Waals surface area contributed by atoms with Crippen molar-refractivity contribution in [2.75, 3.05) is 20.7 Å². The lowest BCUT2D eigenvalue weighted by Crippen LogP contribution is -2.29. The number of aliphatic carboxylic acids is 1. The summed E-state index contributed by atoms with van der Waals surface area (Å²) in [6.07, 6.45) is 4.04. The summed E-state index contributed by atoms with van der Waals surface area (Å²) in [5.74, 6) is -0.616. The highest BCUT2D eigenvalue weighted by Crippen LogP contribution is 2.31. The molecule has 35 heavy (non-hydrogen) atoms. The number of carbonyl (C=O) groups is 2. The van der Waals surface area contributed by atoms with Crippen molar-refractivity contribution >= 4 is 12.1 Å². The molecule has 2 aromatic rings. The predicted octanol–water partition coefficient (Wildman–Crippen LogP) is 3.41. The van der Waals surface area contributed by atoms with E-state index in [9.17, 15) is 14.7 Å². The maximum Gasteiger partial charge on any atom is 0.409 e. The van der Waals surface area contributed by atoms with E-state index in [-0.39, 0.29) is 19.3 Å². The molecule has 1 aliphatic rings. The normalized spacial score (nSPS) is 17.7. The van der Waals surface area contributed by atoms with Crippen LogP contribution in [-0.2, 0) is 34.5 Å². The number of hydrogen-bond donors (Lipinski definition) is 1. The van der Waals surface area contributed by atoms with Crippen molar-refractivity contribution in [1.29, 1.82) is 0 Å². The van der Waals surface area contributed by atoms with Crippen molar-refractivity contribution in [3.63, 3.8) is 0 Å². The molecule has 0 bridgehead atoms. The van der Waals surface area contributed by atoms with Gasteiger partial charge in [-0.25, -0.2) is 14.5 Å². The zero-order valence-electron chi connectivity index (χ0n) is 20.9. The third-order valence-electron chi connectivity index (χ3n) is 6.16. The van der Waals surface area contributed by atoms with Gasteiger partial charge in [0.1, 0.15) is 29.4 Å². The number of aromatic nitrogens is 4. The lowest BCUT2D eigenvalue weighted by molar-refractivity contribution is -0.143. The SMILES string of the molecule is CCCCN(C)C(=O)OCc1c(-c2ccc(O[C@H]3CCC[C@H](C(=O)O)C3)c(COC)n2)nnn1C. The maximum atomic E-state index is 12.3. The Morgan fingerprint density at radius 3 is 2.77 bits per heavy atom. The largest absolute Gasteiger partial charge is 0.488 e. The van der Waals surface area contributed by atoms with Gasteiger partial charge in [0.25, 0.3) is 0 Å². The van der Waals surface area contributed by atoms with Crippen LogP contribution in [0.25, 0.3) is 11.4 Å². The zero-order chi connectivity index (χ0) is 25.4. The van der Waals surface area contributed by atoms with E-state index >= 15 is 0 Å². The topological polar surface area (TPSA) is 129 Å². The molecule has 0 radical (unpaired) electrons. The number of carboxylic acids is 1. The van der Waals surface area contributed by atoms with Crippen molar-refractivity contribution in [2.45, 2.75) is 64.8 Å². The van der Waals surface area contributed by atoms with Crippen LogP contribution in [0.1, 0.15) is 56.8 Å².